The maximum absolute atomic E-state index is 13.2. The van der Waals surface area contributed by atoms with Crippen LogP contribution in [-0.2, 0) is 9.59 Å². The minimum Gasteiger partial charge on any atom is -0.480 e. The minimum atomic E-state index is -4.51. The zero-order valence-corrected chi connectivity index (χ0v) is 22.7. The summed E-state index contributed by atoms with van der Waals surface area (Å²) in [7, 11) is 4.35. The third kappa shape index (κ3) is 8.51. The van der Waals surface area contributed by atoms with Gasteiger partial charge in [-0.2, -0.15) is 13.2 Å². The van der Waals surface area contributed by atoms with Crippen LogP contribution >= 0.6 is 0 Å². The molecule has 0 fully saturated rings. The highest BCUT2D eigenvalue weighted by molar-refractivity contribution is 5.85. The fourth-order valence-electron chi connectivity index (χ4n) is 4.28. The molecule has 1 N–H and O–H groups in total. The van der Waals surface area contributed by atoms with Crippen molar-refractivity contribution in [2.75, 3.05) is 21.2 Å². The van der Waals surface area contributed by atoms with Crippen LogP contribution in [0.5, 0.6) is 5.88 Å². The Bertz CT molecular complexity index is 1260. The number of Topliss-reactive ketones (excluding diaryl/α,β-unsaturated/α-hetero) is 1. The summed E-state index contributed by atoms with van der Waals surface area (Å²) in [6.45, 7) is 1.82. The van der Waals surface area contributed by atoms with Crippen LogP contribution in [0.25, 0.3) is 22.2 Å². The molecule has 0 aliphatic carbocycles. The van der Waals surface area contributed by atoms with Gasteiger partial charge in [0.1, 0.15) is 11.8 Å². The molecule has 2 heterocycles. The van der Waals surface area contributed by atoms with Crippen LogP contribution in [0, 0.1) is 0 Å². The van der Waals surface area contributed by atoms with Crippen LogP contribution in [0.1, 0.15) is 63.8 Å². The van der Waals surface area contributed by atoms with E-state index in [1.807, 2.05) is 37.3 Å². The number of hydrogen-bond acceptors (Lipinski definition) is 7. The number of benzene rings is 1. The molecule has 212 valence electrons. The molecule has 11 heteroatoms. The van der Waals surface area contributed by atoms with Gasteiger partial charge in [-0.05, 0) is 39.1 Å². The fraction of sp³-hybridized carbons (Fsp3) is 0.500. The standard InChI is InChI=1S/C28H35F3N4O4/c1-5-19(36)12-7-6-8-14-22(33-25(37)23(35(2)3)16-28(29,30)31)27-32-17-24(39-27)20-15-18-11-9-10-13-21(18)34-26(20)38-4/h9-11,13,15,17,22-23H,5-8,12,14,16H2,1-4H3,(H,33,37)/t22?,23-/m0/s1. The largest absolute Gasteiger partial charge is 0.480 e. The number of ether oxygens (including phenoxy) is 1. The van der Waals surface area contributed by atoms with Crippen molar-refractivity contribution in [2.45, 2.75) is 70.1 Å². The molecule has 1 amide bonds. The van der Waals surface area contributed by atoms with Gasteiger partial charge in [0.2, 0.25) is 17.7 Å². The maximum Gasteiger partial charge on any atom is 0.391 e. The SMILES string of the molecule is CCC(=O)CCCCCC(NC(=O)[C@H](CC(F)(F)F)N(C)C)c1ncc(-c2cc3ccccc3nc2OC)o1. The smallest absolute Gasteiger partial charge is 0.391 e. The normalized spacial score (nSPS) is 13.4. The molecule has 8 nitrogen and oxygen atoms in total. The number of hydrogen-bond donors (Lipinski definition) is 1. The summed E-state index contributed by atoms with van der Waals surface area (Å²) in [5.41, 5.74) is 1.30. The molecule has 2 atom stereocenters. The van der Waals surface area contributed by atoms with Gasteiger partial charge in [0.25, 0.3) is 0 Å². The molecular formula is C28H35F3N4O4. The summed E-state index contributed by atoms with van der Waals surface area (Å²) in [5, 5.41) is 3.58. The van der Waals surface area contributed by atoms with Crippen molar-refractivity contribution in [3.8, 4) is 17.2 Å². The van der Waals surface area contributed by atoms with E-state index in [9.17, 15) is 22.8 Å². The molecule has 0 aliphatic rings. The first-order chi connectivity index (χ1) is 18.5. The lowest BCUT2D eigenvalue weighted by molar-refractivity contribution is -0.155. The zero-order chi connectivity index (χ0) is 28.6. The van der Waals surface area contributed by atoms with Crippen LogP contribution in [0.3, 0.4) is 0 Å². The number of aromatic nitrogens is 2. The number of nitrogens with zero attached hydrogens (tertiary/aromatic N) is 3. The Morgan fingerprint density at radius 2 is 1.90 bits per heavy atom. The number of unbranched alkanes of at least 4 members (excludes halogenated alkanes) is 2. The van der Waals surface area contributed by atoms with Gasteiger partial charge >= 0.3 is 6.18 Å². The van der Waals surface area contributed by atoms with Gasteiger partial charge in [-0.15, -0.1) is 0 Å². The Labute approximate surface area is 225 Å². The lowest BCUT2D eigenvalue weighted by Crippen LogP contribution is -2.47. The number of nitrogens with one attached hydrogen (secondary N) is 1. The van der Waals surface area contributed by atoms with Gasteiger partial charge in [0, 0.05) is 18.2 Å². The van der Waals surface area contributed by atoms with Gasteiger partial charge in [0.15, 0.2) is 5.76 Å². The Morgan fingerprint density at radius 3 is 2.56 bits per heavy atom. The average molecular weight is 549 g/mol. The fourth-order valence-corrected chi connectivity index (χ4v) is 4.28. The van der Waals surface area contributed by atoms with Crippen molar-refractivity contribution in [3.63, 3.8) is 0 Å². The number of alkyl halides is 3. The predicted molar refractivity (Wildman–Crippen MR) is 141 cm³/mol. The number of amides is 1. The van der Waals surface area contributed by atoms with Crippen molar-refractivity contribution in [2.24, 2.45) is 0 Å². The van der Waals surface area contributed by atoms with Crippen molar-refractivity contribution in [3.05, 3.63) is 42.4 Å². The molecular weight excluding hydrogens is 513 g/mol. The molecule has 0 spiro atoms. The second-order valence-corrected chi connectivity index (χ2v) is 9.65. The van der Waals surface area contributed by atoms with Gasteiger partial charge in [-0.3, -0.25) is 14.5 Å². The summed E-state index contributed by atoms with van der Waals surface area (Å²) < 4.78 is 51.0. The summed E-state index contributed by atoms with van der Waals surface area (Å²) in [6, 6.07) is 7.19. The second-order valence-electron chi connectivity index (χ2n) is 9.65. The van der Waals surface area contributed by atoms with Crippen LogP contribution in [0.4, 0.5) is 13.2 Å². The topological polar surface area (TPSA) is 97.6 Å². The van der Waals surface area contributed by atoms with E-state index >= 15 is 0 Å². The summed E-state index contributed by atoms with van der Waals surface area (Å²) >= 11 is 0. The van der Waals surface area contributed by atoms with E-state index < -0.39 is 30.6 Å². The van der Waals surface area contributed by atoms with Gasteiger partial charge in [-0.25, -0.2) is 9.97 Å². The van der Waals surface area contributed by atoms with Crippen molar-refractivity contribution in [1.29, 1.82) is 0 Å². The first kappa shape index (κ1) is 30.1. The van der Waals surface area contributed by atoms with Gasteiger partial charge in [-0.1, -0.05) is 38.0 Å². The van der Waals surface area contributed by atoms with E-state index in [4.69, 9.17) is 9.15 Å². The first-order valence-electron chi connectivity index (χ1n) is 13.0. The number of oxazole rings is 1. The molecule has 2 aromatic heterocycles. The van der Waals surface area contributed by atoms with Gasteiger partial charge < -0.3 is 14.5 Å². The number of rotatable bonds is 14. The van der Waals surface area contributed by atoms with Gasteiger partial charge in [0.05, 0.1) is 36.8 Å². The minimum absolute atomic E-state index is 0.169. The lowest BCUT2D eigenvalue weighted by Gasteiger charge is -2.26. The third-order valence-corrected chi connectivity index (χ3v) is 6.48. The van der Waals surface area contributed by atoms with E-state index in [-0.39, 0.29) is 11.7 Å². The monoisotopic (exact) mass is 548 g/mol. The Hall–Kier alpha value is -3.47. The van der Waals surface area contributed by atoms with E-state index in [1.54, 1.807) is 0 Å². The number of halogens is 3. The van der Waals surface area contributed by atoms with E-state index in [1.165, 1.54) is 32.3 Å². The molecule has 0 saturated heterocycles. The van der Waals surface area contributed by atoms with Crippen molar-refractivity contribution in [1.82, 2.24) is 20.2 Å². The number of carbonyl (C=O) groups excluding carboxylic acids is 2. The van der Waals surface area contributed by atoms with Crippen LogP contribution in [0.2, 0.25) is 0 Å². The van der Waals surface area contributed by atoms with E-state index in [0.717, 1.165) is 10.9 Å². The zero-order valence-electron chi connectivity index (χ0n) is 22.7. The van der Waals surface area contributed by atoms with E-state index in [0.29, 0.717) is 55.7 Å². The predicted octanol–water partition coefficient (Wildman–Crippen LogP) is 5.87. The number of pyridine rings is 1. The molecule has 0 aliphatic heterocycles. The number of fused-ring (bicyclic) bond motifs is 1. The first-order valence-corrected chi connectivity index (χ1v) is 13.0. The molecule has 0 bridgehead atoms. The van der Waals surface area contributed by atoms with Crippen LogP contribution in [0.15, 0.2) is 40.9 Å². The molecule has 1 unspecified atom stereocenters. The Kier molecular flexibility index (Phi) is 10.4. The molecule has 3 rings (SSSR count). The number of para-hydroxylation sites is 1. The average Bonchev–Trinajstić information content (AvgIpc) is 3.39. The number of likely N-dealkylation sites (N-methyl/N-ethyl adjacent to an activating group) is 1. The highest BCUT2D eigenvalue weighted by atomic mass is 19.4. The summed E-state index contributed by atoms with van der Waals surface area (Å²) in [5.74, 6) is 0.259. The number of methoxy groups -OCH3 is 1. The van der Waals surface area contributed by atoms with Crippen LogP contribution < -0.4 is 10.1 Å². The summed E-state index contributed by atoms with van der Waals surface area (Å²) in [4.78, 5) is 34.7. The highest BCUT2D eigenvalue weighted by Gasteiger charge is 2.37. The third-order valence-electron chi connectivity index (χ3n) is 6.48. The second kappa shape index (κ2) is 13.5. The molecule has 39 heavy (non-hydrogen) atoms. The lowest BCUT2D eigenvalue weighted by atomic mass is 10.0. The maximum atomic E-state index is 13.2. The Morgan fingerprint density at radius 1 is 1.15 bits per heavy atom. The molecule has 0 saturated carbocycles. The quantitative estimate of drug-likeness (QED) is 0.252. The summed E-state index contributed by atoms with van der Waals surface area (Å²) in [6.07, 6.45) is -0.945. The van der Waals surface area contributed by atoms with Crippen LogP contribution in [-0.4, -0.2) is 60.0 Å². The van der Waals surface area contributed by atoms with Crippen molar-refractivity contribution >= 4 is 22.6 Å². The molecule has 3 aromatic rings. The Balaban J connectivity index is 1.85. The highest BCUT2D eigenvalue weighted by Crippen LogP contribution is 2.34. The molecule has 0 radical (unpaired) electrons. The van der Waals surface area contributed by atoms with E-state index in [2.05, 4.69) is 15.3 Å². The van der Waals surface area contributed by atoms with Crippen molar-refractivity contribution < 1.29 is 31.9 Å². The number of carbonyl (C=O) groups is 2. The molecule has 1 aromatic carbocycles. The number of ketones is 1.